The van der Waals surface area contributed by atoms with Crippen LogP contribution >= 0.6 is 0 Å². The highest BCUT2D eigenvalue weighted by Crippen LogP contribution is 2.17. The number of carbonyl (C=O) groups is 2. The van der Waals surface area contributed by atoms with Crippen molar-refractivity contribution in [2.75, 3.05) is 10.6 Å². The summed E-state index contributed by atoms with van der Waals surface area (Å²) < 4.78 is 0. The molecule has 0 saturated carbocycles. The van der Waals surface area contributed by atoms with Crippen molar-refractivity contribution >= 4 is 23.2 Å². The Kier molecular flexibility index (Phi) is 22.9. The molecule has 1 rings (SSSR count). The molecule has 1 aromatic rings. The van der Waals surface area contributed by atoms with Crippen LogP contribution in [0.25, 0.3) is 0 Å². The normalized spacial score (nSPS) is 11.0. The largest absolute Gasteiger partial charge is 0.326 e. The fourth-order valence-corrected chi connectivity index (χ4v) is 4.98. The van der Waals surface area contributed by atoms with Crippen LogP contribution < -0.4 is 10.6 Å². The van der Waals surface area contributed by atoms with Gasteiger partial charge in [-0.25, -0.2) is 0 Å². The summed E-state index contributed by atoms with van der Waals surface area (Å²) in [7, 11) is 0. The molecule has 4 heteroatoms. The van der Waals surface area contributed by atoms with Crippen molar-refractivity contribution in [2.24, 2.45) is 0 Å². The molecule has 0 atom stereocenters. The summed E-state index contributed by atoms with van der Waals surface area (Å²) in [6, 6.07) is 7.49. The van der Waals surface area contributed by atoms with Crippen molar-refractivity contribution in [3.05, 3.63) is 24.3 Å². The lowest BCUT2D eigenvalue weighted by atomic mass is 10.1. The predicted octanol–water partition coefficient (Wildman–Crippen LogP) is 11.0. The van der Waals surface area contributed by atoms with Crippen LogP contribution in [-0.4, -0.2) is 11.8 Å². The minimum absolute atomic E-state index is 0.0780. The minimum atomic E-state index is 0.0780. The molecule has 0 bridgehead atoms. The van der Waals surface area contributed by atoms with Crippen molar-refractivity contribution < 1.29 is 9.59 Å². The molecule has 0 spiro atoms. The molecule has 0 fully saturated rings. The average Bonchev–Trinajstić information content (AvgIpc) is 2.91. The highest BCUT2D eigenvalue weighted by Gasteiger charge is 2.05. The van der Waals surface area contributed by atoms with Crippen molar-refractivity contribution in [1.82, 2.24) is 0 Å². The van der Waals surface area contributed by atoms with E-state index in [4.69, 9.17) is 0 Å². The molecule has 0 aliphatic heterocycles. The number of amides is 2. The lowest BCUT2D eigenvalue weighted by molar-refractivity contribution is -0.117. The second-order valence-corrected chi connectivity index (χ2v) is 11.2. The van der Waals surface area contributed by atoms with Crippen LogP contribution in [-0.2, 0) is 9.59 Å². The number of hydrogen-bond donors (Lipinski definition) is 2. The lowest BCUT2D eigenvalue weighted by Crippen LogP contribution is -2.12. The van der Waals surface area contributed by atoms with E-state index in [-0.39, 0.29) is 11.8 Å². The van der Waals surface area contributed by atoms with Gasteiger partial charge in [0.15, 0.2) is 0 Å². The van der Waals surface area contributed by atoms with E-state index in [2.05, 4.69) is 24.5 Å². The van der Waals surface area contributed by atoms with Gasteiger partial charge in [0.2, 0.25) is 11.8 Å². The first kappa shape index (κ1) is 34.2. The number of nitrogens with one attached hydrogen (secondary N) is 2. The standard InChI is InChI=1S/C34H60N2O2/c1-3-5-7-9-11-13-15-17-19-21-23-25-33(37)35-31-27-29-32(30-28-31)36-34(38)26-24-22-20-18-16-14-12-10-8-6-4-2/h27-30H,3-26H2,1-2H3,(H,35,37)(H,36,38). The topological polar surface area (TPSA) is 58.2 Å². The summed E-state index contributed by atoms with van der Waals surface area (Å²) in [6.45, 7) is 4.52. The van der Waals surface area contributed by atoms with E-state index < -0.39 is 0 Å². The average molecular weight is 529 g/mol. The molecule has 2 N–H and O–H groups in total. The quantitative estimate of drug-likeness (QED) is 0.117. The van der Waals surface area contributed by atoms with Gasteiger partial charge in [0, 0.05) is 24.2 Å². The molecule has 4 nitrogen and oxygen atoms in total. The molecular weight excluding hydrogens is 468 g/mol. The molecular formula is C34H60N2O2. The maximum Gasteiger partial charge on any atom is 0.224 e. The molecule has 0 aliphatic rings. The van der Waals surface area contributed by atoms with Gasteiger partial charge < -0.3 is 10.6 Å². The van der Waals surface area contributed by atoms with Crippen molar-refractivity contribution in [3.63, 3.8) is 0 Å². The molecule has 38 heavy (non-hydrogen) atoms. The zero-order valence-corrected chi connectivity index (χ0v) is 25.1. The number of carbonyl (C=O) groups excluding carboxylic acids is 2. The fourth-order valence-electron chi connectivity index (χ4n) is 4.98. The van der Waals surface area contributed by atoms with E-state index in [0.717, 1.165) is 37.1 Å². The molecule has 1 aromatic carbocycles. The van der Waals surface area contributed by atoms with Gasteiger partial charge in [-0.1, -0.05) is 142 Å². The summed E-state index contributed by atoms with van der Waals surface area (Å²) in [6.07, 6.45) is 29.5. The fraction of sp³-hybridized carbons (Fsp3) is 0.765. The van der Waals surface area contributed by atoms with Crippen molar-refractivity contribution in [1.29, 1.82) is 0 Å². The van der Waals surface area contributed by atoms with E-state index in [9.17, 15) is 9.59 Å². The van der Waals surface area contributed by atoms with E-state index in [1.807, 2.05) is 24.3 Å². The summed E-state index contributed by atoms with van der Waals surface area (Å²) in [5.41, 5.74) is 1.59. The summed E-state index contributed by atoms with van der Waals surface area (Å²) in [5, 5.41) is 5.96. The lowest BCUT2D eigenvalue weighted by Gasteiger charge is -2.08. The van der Waals surface area contributed by atoms with E-state index in [1.54, 1.807) is 0 Å². The van der Waals surface area contributed by atoms with Gasteiger partial charge in [-0.15, -0.1) is 0 Å². The van der Waals surface area contributed by atoms with Gasteiger partial charge in [0.25, 0.3) is 0 Å². The van der Waals surface area contributed by atoms with Gasteiger partial charge in [0.1, 0.15) is 0 Å². The second-order valence-electron chi connectivity index (χ2n) is 11.2. The maximum atomic E-state index is 12.2. The monoisotopic (exact) mass is 528 g/mol. The number of hydrogen-bond acceptors (Lipinski definition) is 2. The second kappa shape index (κ2) is 25.4. The first-order chi connectivity index (χ1) is 18.7. The molecule has 0 radical (unpaired) electrons. The Hall–Kier alpha value is -1.84. The van der Waals surface area contributed by atoms with Crippen LogP contribution in [0.1, 0.15) is 168 Å². The summed E-state index contributed by atoms with van der Waals surface area (Å²) >= 11 is 0. The Morgan fingerprint density at radius 1 is 0.421 bits per heavy atom. The van der Waals surface area contributed by atoms with E-state index in [0.29, 0.717) is 12.8 Å². The first-order valence-corrected chi connectivity index (χ1v) is 16.4. The molecule has 0 aromatic heterocycles. The Bertz CT molecular complexity index is 627. The number of rotatable bonds is 26. The minimum Gasteiger partial charge on any atom is -0.326 e. The van der Waals surface area contributed by atoms with Crippen LogP contribution in [0.3, 0.4) is 0 Å². The smallest absolute Gasteiger partial charge is 0.224 e. The molecule has 0 unspecified atom stereocenters. The van der Waals surface area contributed by atoms with Crippen LogP contribution in [0, 0.1) is 0 Å². The van der Waals surface area contributed by atoms with Gasteiger partial charge in [-0.2, -0.15) is 0 Å². The number of unbranched alkanes of at least 4 members (excludes halogenated alkanes) is 20. The molecule has 2 amide bonds. The maximum absolute atomic E-state index is 12.2. The Morgan fingerprint density at radius 3 is 0.921 bits per heavy atom. The Labute approximate surface area is 235 Å². The third kappa shape index (κ3) is 21.1. The third-order valence-electron chi connectivity index (χ3n) is 7.47. The van der Waals surface area contributed by atoms with E-state index in [1.165, 1.54) is 116 Å². The van der Waals surface area contributed by atoms with Gasteiger partial charge in [-0.05, 0) is 37.1 Å². The number of anilines is 2. The zero-order valence-electron chi connectivity index (χ0n) is 25.1. The van der Waals surface area contributed by atoms with Gasteiger partial charge >= 0.3 is 0 Å². The first-order valence-electron chi connectivity index (χ1n) is 16.4. The van der Waals surface area contributed by atoms with Gasteiger partial charge in [-0.3, -0.25) is 9.59 Å². The Balaban J connectivity index is 2.01. The van der Waals surface area contributed by atoms with Crippen molar-refractivity contribution in [3.8, 4) is 0 Å². The van der Waals surface area contributed by atoms with E-state index >= 15 is 0 Å². The third-order valence-corrected chi connectivity index (χ3v) is 7.47. The highest BCUT2D eigenvalue weighted by molar-refractivity contribution is 5.92. The molecule has 0 saturated heterocycles. The van der Waals surface area contributed by atoms with Gasteiger partial charge in [0.05, 0.1) is 0 Å². The summed E-state index contributed by atoms with van der Waals surface area (Å²) in [4.78, 5) is 24.5. The van der Waals surface area contributed by atoms with Crippen LogP contribution in [0.4, 0.5) is 11.4 Å². The van der Waals surface area contributed by atoms with Crippen LogP contribution in [0.2, 0.25) is 0 Å². The Morgan fingerprint density at radius 2 is 0.658 bits per heavy atom. The molecule has 0 aliphatic carbocycles. The predicted molar refractivity (Wildman–Crippen MR) is 166 cm³/mol. The highest BCUT2D eigenvalue weighted by atomic mass is 16.2. The molecule has 0 heterocycles. The zero-order chi connectivity index (χ0) is 27.5. The molecule has 218 valence electrons. The van der Waals surface area contributed by atoms with Crippen LogP contribution in [0.5, 0.6) is 0 Å². The van der Waals surface area contributed by atoms with Crippen LogP contribution in [0.15, 0.2) is 24.3 Å². The SMILES string of the molecule is CCCCCCCCCCCCCC(=O)Nc1ccc(NC(=O)CCCCCCCCCCCCC)cc1. The number of benzene rings is 1. The summed E-state index contributed by atoms with van der Waals surface area (Å²) in [5.74, 6) is 0.156. The van der Waals surface area contributed by atoms with Crippen molar-refractivity contribution in [2.45, 2.75) is 168 Å².